The molecule has 0 saturated carbocycles. The fourth-order valence-electron chi connectivity index (χ4n) is 2.00. The van der Waals surface area contributed by atoms with Gasteiger partial charge in [-0.3, -0.25) is 4.79 Å². The lowest BCUT2D eigenvalue weighted by Crippen LogP contribution is -2.44. The van der Waals surface area contributed by atoms with E-state index in [0.717, 1.165) is 10.8 Å². The Balaban J connectivity index is 2.05. The first kappa shape index (κ1) is 18.2. The molecule has 0 fully saturated rings. The van der Waals surface area contributed by atoms with Crippen LogP contribution in [0.4, 0.5) is 10.6 Å². The summed E-state index contributed by atoms with van der Waals surface area (Å²) in [6, 6.07) is 8.71. The van der Waals surface area contributed by atoms with Crippen LogP contribution >= 0.6 is 15.9 Å². The Kier molecular flexibility index (Phi) is 5.43. The van der Waals surface area contributed by atoms with Crippen molar-refractivity contribution < 1.29 is 14.3 Å². The quantitative estimate of drug-likeness (QED) is 0.775. The molecular formula is C17H20BrN3O3. The van der Waals surface area contributed by atoms with Crippen LogP contribution in [-0.2, 0) is 9.53 Å². The second kappa shape index (κ2) is 7.17. The number of pyridine rings is 1. The number of carbonyl (C=O) groups is 2. The third-order valence-corrected chi connectivity index (χ3v) is 3.68. The summed E-state index contributed by atoms with van der Waals surface area (Å²) < 4.78 is 5.77. The van der Waals surface area contributed by atoms with Gasteiger partial charge in [0, 0.05) is 5.39 Å². The average molecular weight is 394 g/mol. The summed E-state index contributed by atoms with van der Waals surface area (Å²) in [6.07, 6.45) is -0.641. The second-order valence-electron chi connectivity index (χ2n) is 6.38. The zero-order valence-electron chi connectivity index (χ0n) is 14.0. The van der Waals surface area contributed by atoms with Crippen molar-refractivity contribution in [3.05, 3.63) is 34.9 Å². The van der Waals surface area contributed by atoms with E-state index in [-0.39, 0.29) is 5.91 Å². The summed E-state index contributed by atoms with van der Waals surface area (Å²) >= 11 is 3.40. The molecule has 0 unspecified atom stereocenters. The number of amides is 2. The standard InChI is InChI=1S/C17H20BrN3O3/c1-10(19-16(23)24-17(2,3)4)15(22)21-13-9-11-7-5-6-8-12(11)14(18)20-13/h5-10H,1-4H3,(H,19,23)(H,20,21,22)/t10-/m1/s1. The van der Waals surface area contributed by atoms with Gasteiger partial charge in [0.15, 0.2) is 0 Å². The third-order valence-electron chi connectivity index (χ3n) is 3.07. The number of halogens is 1. The fourth-order valence-corrected chi connectivity index (χ4v) is 2.56. The van der Waals surface area contributed by atoms with E-state index in [1.165, 1.54) is 0 Å². The van der Waals surface area contributed by atoms with E-state index >= 15 is 0 Å². The molecule has 1 atom stereocenters. The van der Waals surface area contributed by atoms with Crippen LogP contribution in [0.2, 0.25) is 0 Å². The van der Waals surface area contributed by atoms with Gasteiger partial charge < -0.3 is 15.4 Å². The van der Waals surface area contributed by atoms with Gasteiger partial charge in [-0.2, -0.15) is 0 Å². The molecule has 6 nitrogen and oxygen atoms in total. The summed E-state index contributed by atoms with van der Waals surface area (Å²) in [4.78, 5) is 28.2. The molecule has 0 aliphatic carbocycles. The van der Waals surface area contributed by atoms with Crippen LogP contribution in [-0.4, -0.2) is 28.6 Å². The number of aromatic nitrogens is 1. The summed E-state index contributed by atoms with van der Waals surface area (Å²) in [7, 11) is 0. The highest BCUT2D eigenvalue weighted by Gasteiger charge is 2.21. The third kappa shape index (κ3) is 4.92. The van der Waals surface area contributed by atoms with Crippen LogP contribution in [0.25, 0.3) is 10.8 Å². The van der Waals surface area contributed by atoms with E-state index in [4.69, 9.17) is 4.74 Å². The second-order valence-corrected chi connectivity index (χ2v) is 7.13. The fraction of sp³-hybridized carbons (Fsp3) is 0.353. The highest BCUT2D eigenvalue weighted by Crippen LogP contribution is 2.24. The zero-order chi connectivity index (χ0) is 17.9. The molecule has 2 amide bonds. The molecule has 0 radical (unpaired) electrons. The summed E-state index contributed by atoms with van der Waals surface area (Å²) in [6.45, 7) is 6.85. The van der Waals surface area contributed by atoms with Gasteiger partial charge in [-0.15, -0.1) is 0 Å². The maximum absolute atomic E-state index is 12.2. The van der Waals surface area contributed by atoms with E-state index in [1.54, 1.807) is 33.8 Å². The van der Waals surface area contributed by atoms with Crippen molar-refractivity contribution >= 4 is 44.5 Å². The minimum Gasteiger partial charge on any atom is -0.444 e. The van der Waals surface area contributed by atoms with Gasteiger partial charge in [-0.25, -0.2) is 9.78 Å². The number of alkyl carbamates (subject to hydrolysis) is 1. The normalized spacial score (nSPS) is 12.5. The molecule has 1 aromatic heterocycles. The molecule has 2 aromatic rings. The predicted octanol–water partition coefficient (Wildman–Crippen LogP) is 3.85. The largest absolute Gasteiger partial charge is 0.444 e. The number of rotatable bonds is 3. The van der Waals surface area contributed by atoms with E-state index in [9.17, 15) is 9.59 Å². The molecule has 24 heavy (non-hydrogen) atoms. The van der Waals surface area contributed by atoms with Crippen molar-refractivity contribution in [2.45, 2.75) is 39.3 Å². The Bertz CT molecular complexity index is 771. The summed E-state index contributed by atoms with van der Waals surface area (Å²) in [5.41, 5.74) is -0.620. The molecule has 0 saturated heterocycles. The van der Waals surface area contributed by atoms with Gasteiger partial charge in [-0.1, -0.05) is 24.3 Å². The van der Waals surface area contributed by atoms with Gasteiger partial charge in [0.2, 0.25) is 5.91 Å². The van der Waals surface area contributed by atoms with E-state index in [2.05, 4.69) is 31.5 Å². The van der Waals surface area contributed by atoms with Crippen molar-refractivity contribution in [1.82, 2.24) is 10.3 Å². The van der Waals surface area contributed by atoms with E-state index < -0.39 is 17.7 Å². The number of carbonyl (C=O) groups excluding carboxylic acids is 2. The Labute approximate surface area is 149 Å². The Morgan fingerprint density at radius 1 is 1.25 bits per heavy atom. The highest BCUT2D eigenvalue weighted by molar-refractivity contribution is 9.10. The highest BCUT2D eigenvalue weighted by atomic mass is 79.9. The number of hydrogen-bond acceptors (Lipinski definition) is 4. The number of nitrogens with one attached hydrogen (secondary N) is 2. The monoisotopic (exact) mass is 393 g/mol. The lowest BCUT2D eigenvalue weighted by molar-refractivity contribution is -0.117. The van der Waals surface area contributed by atoms with Gasteiger partial charge in [-0.05, 0) is 55.1 Å². The smallest absolute Gasteiger partial charge is 0.408 e. The Morgan fingerprint density at radius 3 is 2.58 bits per heavy atom. The van der Waals surface area contributed by atoms with Crippen molar-refractivity contribution in [1.29, 1.82) is 0 Å². The minimum atomic E-state index is -0.758. The molecule has 7 heteroatoms. The van der Waals surface area contributed by atoms with Gasteiger partial charge >= 0.3 is 6.09 Å². The van der Waals surface area contributed by atoms with Crippen LogP contribution < -0.4 is 10.6 Å². The van der Waals surface area contributed by atoms with Gasteiger partial charge in [0.1, 0.15) is 22.1 Å². The van der Waals surface area contributed by atoms with Crippen molar-refractivity contribution in [3.8, 4) is 0 Å². The van der Waals surface area contributed by atoms with Crippen LogP contribution in [0.15, 0.2) is 34.9 Å². The lowest BCUT2D eigenvalue weighted by atomic mass is 10.2. The van der Waals surface area contributed by atoms with Crippen molar-refractivity contribution in [2.24, 2.45) is 0 Å². The number of benzene rings is 1. The molecule has 1 heterocycles. The van der Waals surface area contributed by atoms with Crippen molar-refractivity contribution in [2.75, 3.05) is 5.32 Å². The maximum Gasteiger partial charge on any atom is 0.408 e. The first-order chi connectivity index (χ1) is 11.2. The molecule has 2 N–H and O–H groups in total. The topological polar surface area (TPSA) is 80.3 Å². The SMILES string of the molecule is C[C@@H](NC(=O)OC(C)(C)C)C(=O)Nc1cc2ccccc2c(Br)n1. The lowest BCUT2D eigenvalue weighted by Gasteiger charge is -2.21. The average Bonchev–Trinajstić information content (AvgIpc) is 2.45. The minimum absolute atomic E-state index is 0.379. The van der Waals surface area contributed by atoms with Crippen LogP contribution in [0, 0.1) is 0 Å². The molecule has 128 valence electrons. The Morgan fingerprint density at radius 2 is 1.92 bits per heavy atom. The molecule has 1 aromatic carbocycles. The zero-order valence-corrected chi connectivity index (χ0v) is 15.6. The van der Waals surface area contributed by atoms with E-state index in [0.29, 0.717) is 10.4 Å². The molecular weight excluding hydrogens is 374 g/mol. The first-order valence-electron chi connectivity index (χ1n) is 7.51. The van der Waals surface area contributed by atoms with Gasteiger partial charge in [0.25, 0.3) is 0 Å². The molecule has 0 bridgehead atoms. The number of ether oxygens (including phenoxy) is 1. The van der Waals surface area contributed by atoms with Crippen LogP contribution in [0.3, 0.4) is 0 Å². The predicted molar refractivity (Wildman–Crippen MR) is 96.9 cm³/mol. The summed E-state index contributed by atoms with van der Waals surface area (Å²) in [5, 5.41) is 7.09. The molecule has 2 rings (SSSR count). The Hall–Kier alpha value is -2.15. The van der Waals surface area contributed by atoms with Crippen molar-refractivity contribution in [3.63, 3.8) is 0 Å². The molecule has 0 aliphatic heterocycles. The summed E-state index contributed by atoms with van der Waals surface area (Å²) in [5.74, 6) is 0.0268. The molecule has 0 spiro atoms. The number of anilines is 1. The number of nitrogens with zero attached hydrogens (tertiary/aromatic N) is 1. The number of hydrogen-bond donors (Lipinski definition) is 2. The van der Waals surface area contributed by atoms with E-state index in [1.807, 2.05) is 24.3 Å². The number of fused-ring (bicyclic) bond motifs is 1. The van der Waals surface area contributed by atoms with Crippen LogP contribution in [0.1, 0.15) is 27.7 Å². The molecule has 0 aliphatic rings. The first-order valence-corrected chi connectivity index (χ1v) is 8.31. The maximum atomic E-state index is 12.2. The van der Waals surface area contributed by atoms with Crippen LogP contribution in [0.5, 0.6) is 0 Å². The van der Waals surface area contributed by atoms with Gasteiger partial charge in [0.05, 0.1) is 0 Å².